The molecule has 0 aliphatic carbocycles. The molecule has 0 aliphatic heterocycles. The van der Waals surface area contributed by atoms with Crippen LogP contribution in [0.1, 0.15) is 41.5 Å². The Balaban J connectivity index is 1.64. The molecule has 8 nitrogen and oxygen atoms in total. The third kappa shape index (κ3) is 6.84. The Hall–Kier alpha value is -4.15. The summed E-state index contributed by atoms with van der Waals surface area (Å²) in [5.74, 6) is -1.80. The van der Waals surface area contributed by atoms with Crippen LogP contribution >= 0.6 is 31.9 Å². The van der Waals surface area contributed by atoms with Crippen LogP contribution in [-0.2, 0) is 4.74 Å². The smallest absolute Gasteiger partial charge is 0.341 e. The van der Waals surface area contributed by atoms with Gasteiger partial charge < -0.3 is 10.1 Å². The molecule has 0 bridgehead atoms. The number of carbonyl (C=O) groups excluding carboxylic acids is 3. The first kappa shape index (κ1) is 27.9. The van der Waals surface area contributed by atoms with Crippen LogP contribution in [-0.4, -0.2) is 28.7 Å². The molecular weight excluding hydrogens is 632 g/mol. The summed E-state index contributed by atoms with van der Waals surface area (Å²) in [5.41, 5.74) is 1.11. The summed E-state index contributed by atoms with van der Waals surface area (Å²) in [6, 6.07) is 27.0. The number of Topliss-reactive ketones (excluding diaryl/α,β-unsaturated/α-hetero) is 1. The fraction of sp³-hybridized carbons (Fsp3) is 0.0690. The molecule has 10 heteroatoms. The van der Waals surface area contributed by atoms with Crippen molar-refractivity contribution in [2.45, 2.75) is 10.9 Å². The molecule has 1 N–H and O–H groups in total. The lowest BCUT2D eigenvalue weighted by Gasteiger charge is -2.23. The zero-order chi connectivity index (χ0) is 27.9. The molecule has 0 aromatic heterocycles. The predicted molar refractivity (Wildman–Crippen MR) is 153 cm³/mol. The minimum absolute atomic E-state index is 0.0348. The zero-order valence-corrected chi connectivity index (χ0v) is 23.3. The molecule has 0 aliphatic rings. The maximum absolute atomic E-state index is 13.5. The van der Waals surface area contributed by atoms with Gasteiger partial charge in [0.05, 0.1) is 21.0 Å². The number of ether oxygens (including phenoxy) is 1. The van der Waals surface area contributed by atoms with Crippen LogP contribution < -0.4 is 5.32 Å². The number of nitro groups is 1. The van der Waals surface area contributed by atoms with Crippen molar-refractivity contribution in [1.29, 1.82) is 0 Å². The number of carbonyl (C=O) groups is 3. The Morgan fingerprint density at radius 2 is 1.49 bits per heavy atom. The van der Waals surface area contributed by atoms with E-state index in [0.29, 0.717) is 16.7 Å². The van der Waals surface area contributed by atoms with E-state index in [0.717, 1.165) is 4.47 Å². The Morgan fingerprint density at radius 1 is 0.821 bits per heavy atom. The minimum atomic E-state index is -1.38. The molecule has 0 heterocycles. The second kappa shape index (κ2) is 12.6. The number of hydrogen-bond donors (Lipinski definition) is 1. The SMILES string of the molecule is O=C(Nc1ccccc1C(=O)O[C@H](C(=O)c1ccccc1)[C@@H](Br)c1cccc([N+](=O)[O-])c1)c1ccc(Br)cc1. The summed E-state index contributed by atoms with van der Waals surface area (Å²) in [5, 5.41) is 14.0. The van der Waals surface area contributed by atoms with Crippen molar-refractivity contribution in [3.05, 3.63) is 140 Å². The van der Waals surface area contributed by atoms with Crippen molar-refractivity contribution in [2.75, 3.05) is 5.32 Å². The van der Waals surface area contributed by atoms with E-state index in [1.807, 2.05) is 0 Å². The van der Waals surface area contributed by atoms with E-state index in [1.165, 1.54) is 24.3 Å². The Labute approximate surface area is 240 Å². The first-order chi connectivity index (χ1) is 18.7. The van der Waals surface area contributed by atoms with E-state index in [4.69, 9.17) is 4.74 Å². The highest BCUT2D eigenvalue weighted by molar-refractivity contribution is 9.10. The van der Waals surface area contributed by atoms with Gasteiger partial charge in [-0.05, 0) is 42.0 Å². The summed E-state index contributed by atoms with van der Waals surface area (Å²) < 4.78 is 6.56. The maximum atomic E-state index is 13.5. The van der Waals surface area contributed by atoms with E-state index < -0.39 is 33.5 Å². The third-order valence-electron chi connectivity index (χ3n) is 5.72. The number of benzene rings is 4. The van der Waals surface area contributed by atoms with Gasteiger partial charge in [0, 0.05) is 27.7 Å². The van der Waals surface area contributed by atoms with Crippen molar-refractivity contribution in [2.24, 2.45) is 0 Å². The molecule has 0 spiro atoms. The Bertz CT molecular complexity index is 1530. The van der Waals surface area contributed by atoms with Crippen molar-refractivity contribution >= 4 is 60.9 Å². The number of esters is 1. The van der Waals surface area contributed by atoms with E-state index >= 15 is 0 Å². The Kier molecular flexibility index (Phi) is 9.00. The van der Waals surface area contributed by atoms with Crippen molar-refractivity contribution in [3.63, 3.8) is 0 Å². The van der Waals surface area contributed by atoms with Gasteiger partial charge in [0.2, 0.25) is 5.78 Å². The van der Waals surface area contributed by atoms with Gasteiger partial charge in [-0.25, -0.2) is 4.79 Å². The normalized spacial score (nSPS) is 12.2. The molecule has 4 rings (SSSR count). The summed E-state index contributed by atoms with van der Waals surface area (Å²) >= 11 is 6.76. The van der Waals surface area contributed by atoms with E-state index in [-0.39, 0.29) is 16.9 Å². The summed E-state index contributed by atoms with van der Waals surface area (Å²) in [6.07, 6.45) is -1.38. The molecule has 4 aromatic carbocycles. The maximum Gasteiger partial charge on any atom is 0.341 e. The van der Waals surface area contributed by atoms with Crippen LogP contribution in [0.15, 0.2) is 108 Å². The first-order valence-electron chi connectivity index (χ1n) is 11.6. The minimum Gasteiger partial charge on any atom is -0.449 e. The third-order valence-corrected chi connectivity index (χ3v) is 7.26. The van der Waals surface area contributed by atoms with Gasteiger partial charge in [-0.1, -0.05) is 86.5 Å². The number of non-ortho nitro benzene ring substituents is 1. The molecule has 39 heavy (non-hydrogen) atoms. The van der Waals surface area contributed by atoms with Gasteiger partial charge in [0.15, 0.2) is 6.10 Å². The Morgan fingerprint density at radius 3 is 2.18 bits per heavy atom. The zero-order valence-electron chi connectivity index (χ0n) is 20.1. The molecule has 0 saturated carbocycles. The second-order valence-electron chi connectivity index (χ2n) is 8.32. The molecule has 1 amide bonds. The highest BCUT2D eigenvalue weighted by Gasteiger charge is 2.34. The van der Waals surface area contributed by atoms with E-state index in [9.17, 15) is 24.5 Å². The standard InChI is InChI=1S/C29H20Br2N2O6/c30-21-15-13-19(14-16-21)28(35)32-24-12-5-4-11-23(24)29(36)39-27(26(34)18-7-2-1-3-8-18)25(31)20-9-6-10-22(17-20)33(37)38/h1-17,25,27H,(H,32,35)/t25-,27-/m0/s1. The molecule has 0 radical (unpaired) electrons. The molecule has 0 fully saturated rings. The fourth-order valence-electron chi connectivity index (χ4n) is 3.74. The lowest BCUT2D eigenvalue weighted by molar-refractivity contribution is -0.384. The van der Waals surface area contributed by atoms with Gasteiger partial charge in [0.1, 0.15) is 0 Å². The summed E-state index contributed by atoms with van der Waals surface area (Å²) in [4.78, 5) is 49.6. The average molecular weight is 652 g/mol. The molecule has 0 saturated heterocycles. The quantitative estimate of drug-likeness (QED) is 0.0675. The van der Waals surface area contributed by atoms with E-state index in [2.05, 4.69) is 37.2 Å². The fourth-order valence-corrected chi connectivity index (χ4v) is 4.64. The lowest BCUT2D eigenvalue weighted by Crippen LogP contribution is -2.31. The number of amides is 1. The van der Waals surface area contributed by atoms with Crippen LogP contribution in [0.2, 0.25) is 0 Å². The van der Waals surface area contributed by atoms with Crippen LogP contribution in [0.3, 0.4) is 0 Å². The highest BCUT2D eigenvalue weighted by Crippen LogP contribution is 2.33. The summed E-state index contributed by atoms with van der Waals surface area (Å²) in [7, 11) is 0. The second-order valence-corrected chi connectivity index (χ2v) is 10.2. The van der Waals surface area contributed by atoms with Crippen LogP contribution in [0, 0.1) is 10.1 Å². The van der Waals surface area contributed by atoms with Crippen LogP contribution in [0.4, 0.5) is 11.4 Å². The lowest BCUT2D eigenvalue weighted by atomic mass is 9.99. The number of ketones is 1. The predicted octanol–water partition coefficient (Wildman–Crippen LogP) is 7.15. The molecule has 2 atom stereocenters. The van der Waals surface area contributed by atoms with Crippen molar-refractivity contribution < 1.29 is 24.0 Å². The average Bonchev–Trinajstić information content (AvgIpc) is 2.96. The number of alkyl halides is 1. The van der Waals surface area contributed by atoms with Crippen molar-refractivity contribution in [1.82, 2.24) is 0 Å². The molecule has 0 unspecified atom stereocenters. The van der Waals surface area contributed by atoms with Gasteiger partial charge in [-0.2, -0.15) is 0 Å². The number of halogens is 2. The summed E-state index contributed by atoms with van der Waals surface area (Å²) in [6.45, 7) is 0. The van der Waals surface area contributed by atoms with Gasteiger partial charge in [-0.3, -0.25) is 19.7 Å². The number of anilines is 1. The number of nitrogens with zero attached hydrogens (tertiary/aromatic N) is 1. The molecular formula is C29H20Br2N2O6. The van der Waals surface area contributed by atoms with Crippen molar-refractivity contribution in [3.8, 4) is 0 Å². The number of nitrogens with one attached hydrogen (secondary N) is 1. The van der Waals surface area contributed by atoms with Crippen LogP contribution in [0.25, 0.3) is 0 Å². The molecule has 196 valence electrons. The van der Waals surface area contributed by atoms with Gasteiger partial charge in [-0.15, -0.1) is 0 Å². The number of nitro benzene ring substituents is 1. The monoisotopic (exact) mass is 650 g/mol. The number of hydrogen-bond acceptors (Lipinski definition) is 6. The largest absolute Gasteiger partial charge is 0.449 e. The van der Waals surface area contributed by atoms with Crippen LogP contribution in [0.5, 0.6) is 0 Å². The van der Waals surface area contributed by atoms with Gasteiger partial charge in [0.25, 0.3) is 11.6 Å². The van der Waals surface area contributed by atoms with E-state index in [1.54, 1.807) is 78.9 Å². The van der Waals surface area contributed by atoms with Gasteiger partial charge >= 0.3 is 5.97 Å². The number of rotatable bonds is 9. The topological polar surface area (TPSA) is 116 Å². The highest BCUT2D eigenvalue weighted by atomic mass is 79.9. The number of para-hydroxylation sites is 1. The first-order valence-corrected chi connectivity index (χ1v) is 13.3. The molecule has 4 aromatic rings.